The van der Waals surface area contributed by atoms with Crippen LogP contribution in [0.2, 0.25) is 0 Å². The van der Waals surface area contributed by atoms with Crippen molar-refractivity contribution < 1.29 is 36.6 Å². The summed E-state index contributed by atoms with van der Waals surface area (Å²) in [6.45, 7) is -0.714. The van der Waals surface area contributed by atoms with E-state index in [1.807, 2.05) is 0 Å². The Bertz CT molecular complexity index is 1360. The van der Waals surface area contributed by atoms with Crippen LogP contribution in [0.5, 0.6) is 5.75 Å². The second kappa shape index (κ2) is 9.95. The number of carbonyl (C=O) groups excluding carboxylic acids is 3. The van der Waals surface area contributed by atoms with Gasteiger partial charge in [-0.25, -0.2) is 4.79 Å². The molecule has 2 amide bonds. The van der Waals surface area contributed by atoms with Gasteiger partial charge in [-0.15, -0.1) is 0 Å². The summed E-state index contributed by atoms with van der Waals surface area (Å²) < 4.78 is 36.0. The molecule has 3 aromatic rings. The van der Waals surface area contributed by atoms with Gasteiger partial charge in [0.15, 0.2) is 6.61 Å². The van der Waals surface area contributed by atoms with Gasteiger partial charge in [0, 0.05) is 25.4 Å². The van der Waals surface area contributed by atoms with Gasteiger partial charge in [-0.05, 0) is 42.5 Å². The summed E-state index contributed by atoms with van der Waals surface area (Å²) in [7, 11) is -2.74. The van der Waals surface area contributed by atoms with Crippen LogP contribution in [-0.2, 0) is 26.7 Å². The monoisotopic (exact) mass is 487 g/mol. The molecule has 34 heavy (non-hydrogen) atoms. The number of aryl methyl sites for hydroxylation is 1. The number of nitro benzene ring substituents is 1. The van der Waals surface area contributed by atoms with Crippen molar-refractivity contribution in [3.05, 3.63) is 88.2 Å². The highest BCUT2D eigenvalue weighted by molar-refractivity contribution is 7.87. The van der Waals surface area contributed by atoms with E-state index in [1.165, 1.54) is 41.0 Å². The second-order valence-electron chi connectivity index (χ2n) is 6.77. The molecule has 0 aliphatic carbocycles. The zero-order chi connectivity index (χ0) is 24.9. The first-order valence-corrected chi connectivity index (χ1v) is 10.9. The van der Waals surface area contributed by atoms with Gasteiger partial charge in [0.25, 0.3) is 17.5 Å². The Morgan fingerprint density at radius 3 is 2.38 bits per heavy atom. The third kappa shape index (κ3) is 5.83. The molecule has 0 bridgehead atoms. The quantitative estimate of drug-likeness (QED) is 0.216. The van der Waals surface area contributed by atoms with Gasteiger partial charge >= 0.3 is 16.1 Å². The Balaban J connectivity index is 1.57. The smallest absolute Gasteiger partial charge is 0.339 e. The molecule has 0 aliphatic rings. The zero-order valence-corrected chi connectivity index (χ0v) is 18.4. The Morgan fingerprint density at radius 1 is 1.06 bits per heavy atom. The van der Waals surface area contributed by atoms with Gasteiger partial charge in [0.05, 0.1) is 10.5 Å². The molecule has 2 aromatic carbocycles. The van der Waals surface area contributed by atoms with Gasteiger partial charge in [0.2, 0.25) is 0 Å². The number of esters is 1. The first-order chi connectivity index (χ1) is 16.1. The normalized spacial score (nSPS) is 10.9. The van der Waals surface area contributed by atoms with Gasteiger partial charge in [-0.2, -0.15) is 8.42 Å². The number of hydrogen-bond acceptors (Lipinski definition) is 9. The predicted octanol–water partition coefficient (Wildman–Crippen LogP) is 1.81. The molecule has 0 atom stereocenters. The second-order valence-corrected chi connectivity index (χ2v) is 8.32. The van der Waals surface area contributed by atoms with Gasteiger partial charge < -0.3 is 13.5 Å². The number of imide groups is 1. The van der Waals surface area contributed by atoms with E-state index in [-0.39, 0.29) is 17.0 Å². The number of aromatic nitrogens is 1. The van der Waals surface area contributed by atoms with Crippen LogP contribution in [0.3, 0.4) is 0 Å². The minimum Gasteiger partial charge on any atom is -0.452 e. The van der Waals surface area contributed by atoms with Gasteiger partial charge in [0.1, 0.15) is 16.3 Å². The topological polar surface area (TPSA) is 164 Å². The Kier molecular flexibility index (Phi) is 7.06. The molecule has 0 unspecified atom stereocenters. The van der Waals surface area contributed by atoms with E-state index in [2.05, 4.69) is 5.32 Å². The van der Waals surface area contributed by atoms with Gasteiger partial charge in [-0.1, -0.05) is 6.07 Å². The van der Waals surface area contributed by atoms with E-state index in [4.69, 9.17) is 8.92 Å². The van der Waals surface area contributed by atoms with Crippen molar-refractivity contribution in [3.63, 3.8) is 0 Å². The molecular weight excluding hydrogens is 470 g/mol. The maximum atomic E-state index is 12.4. The molecule has 12 nitrogen and oxygen atoms in total. The first-order valence-electron chi connectivity index (χ1n) is 9.48. The molecular formula is C21H17N3O9S. The summed E-state index contributed by atoms with van der Waals surface area (Å²) in [4.78, 5) is 45.6. The minimum absolute atomic E-state index is 0.0124. The number of nitrogens with zero attached hydrogens (tertiary/aromatic N) is 2. The molecule has 1 heterocycles. The van der Waals surface area contributed by atoms with Crippen LogP contribution in [0.15, 0.2) is 71.8 Å². The van der Waals surface area contributed by atoms with Crippen LogP contribution in [0.4, 0.5) is 5.69 Å². The van der Waals surface area contributed by atoms with Crippen molar-refractivity contribution in [1.29, 1.82) is 0 Å². The molecule has 176 valence electrons. The Hall–Kier alpha value is -4.52. The number of nitro groups is 1. The van der Waals surface area contributed by atoms with Crippen LogP contribution in [0, 0.1) is 10.1 Å². The molecule has 13 heteroatoms. The molecule has 1 aromatic heterocycles. The fraction of sp³-hybridized carbons (Fsp3) is 0.0952. The third-order valence-electron chi connectivity index (χ3n) is 4.38. The number of nitrogens with one attached hydrogen (secondary N) is 1. The number of rotatable bonds is 8. The zero-order valence-electron chi connectivity index (χ0n) is 17.5. The first kappa shape index (κ1) is 24.1. The van der Waals surface area contributed by atoms with Crippen molar-refractivity contribution in [2.45, 2.75) is 4.90 Å². The Morgan fingerprint density at radius 2 is 1.76 bits per heavy atom. The predicted molar refractivity (Wildman–Crippen MR) is 116 cm³/mol. The number of amides is 2. The number of benzene rings is 2. The molecule has 0 fully saturated rings. The highest BCUT2D eigenvalue weighted by Gasteiger charge is 2.20. The van der Waals surface area contributed by atoms with Crippen LogP contribution >= 0.6 is 0 Å². The van der Waals surface area contributed by atoms with Crippen molar-refractivity contribution >= 4 is 33.6 Å². The lowest BCUT2D eigenvalue weighted by molar-refractivity contribution is -0.385. The van der Waals surface area contributed by atoms with Crippen LogP contribution in [0.25, 0.3) is 0 Å². The minimum atomic E-state index is -4.36. The number of carbonyl (C=O) groups is 3. The lowest BCUT2D eigenvalue weighted by atomic mass is 10.2. The number of non-ortho nitro benzene ring substituents is 1. The molecule has 0 saturated carbocycles. The lowest BCUT2D eigenvalue weighted by Crippen LogP contribution is -2.35. The maximum Gasteiger partial charge on any atom is 0.339 e. The van der Waals surface area contributed by atoms with Crippen molar-refractivity contribution in [1.82, 2.24) is 9.88 Å². The van der Waals surface area contributed by atoms with E-state index in [9.17, 15) is 32.9 Å². The molecule has 0 spiro atoms. The van der Waals surface area contributed by atoms with E-state index >= 15 is 0 Å². The average molecular weight is 487 g/mol. The molecule has 1 N–H and O–H groups in total. The highest BCUT2D eigenvalue weighted by atomic mass is 32.2. The summed E-state index contributed by atoms with van der Waals surface area (Å²) in [6.07, 6.45) is 1.63. The summed E-state index contributed by atoms with van der Waals surface area (Å²) in [5.41, 5.74) is -0.186. The number of hydrogen-bond donors (Lipinski definition) is 1. The average Bonchev–Trinajstić information content (AvgIpc) is 3.23. The van der Waals surface area contributed by atoms with Crippen LogP contribution in [-0.4, -0.2) is 42.3 Å². The maximum absolute atomic E-state index is 12.4. The fourth-order valence-corrected chi connectivity index (χ4v) is 3.68. The van der Waals surface area contributed by atoms with Crippen molar-refractivity contribution in [3.8, 4) is 5.75 Å². The molecule has 0 radical (unpaired) electrons. The van der Waals surface area contributed by atoms with Crippen molar-refractivity contribution in [2.75, 3.05) is 6.61 Å². The summed E-state index contributed by atoms with van der Waals surface area (Å²) in [5, 5.41) is 12.9. The standard InChI is InChI=1S/C21H17N3O9S/c1-23-11-3-6-18(23)20(26)22-19(25)13-32-21(27)14-7-9-16(10-8-14)33-34(30,31)17-5-2-4-15(12-17)24(28)29/h2-12H,13H2,1H3,(H,22,25,26). The van der Waals surface area contributed by atoms with Crippen LogP contribution in [0.1, 0.15) is 20.8 Å². The molecule has 3 rings (SSSR count). The molecule has 0 saturated heterocycles. The van der Waals surface area contributed by atoms with E-state index in [0.717, 1.165) is 18.2 Å². The molecule has 0 aliphatic heterocycles. The van der Waals surface area contributed by atoms with Crippen LogP contribution < -0.4 is 9.50 Å². The largest absolute Gasteiger partial charge is 0.452 e. The van der Waals surface area contributed by atoms with Crippen molar-refractivity contribution in [2.24, 2.45) is 7.05 Å². The highest BCUT2D eigenvalue weighted by Crippen LogP contribution is 2.22. The Labute approximate surface area is 193 Å². The summed E-state index contributed by atoms with van der Waals surface area (Å²) in [5.74, 6) is -2.54. The van der Waals surface area contributed by atoms with E-state index < -0.39 is 50.0 Å². The fourth-order valence-electron chi connectivity index (χ4n) is 2.71. The van der Waals surface area contributed by atoms with E-state index in [1.54, 1.807) is 19.3 Å². The van der Waals surface area contributed by atoms with E-state index in [0.29, 0.717) is 0 Å². The third-order valence-corrected chi connectivity index (χ3v) is 5.62. The summed E-state index contributed by atoms with van der Waals surface area (Å²) in [6, 6.07) is 12.2. The lowest BCUT2D eigenvalue weighted by Gasteiger charge is -2.08. The summed E-state index contributed by atoms with van der Waals surface area (Å²) >= 11 is 0. The number of ether oxygens (including phenoxy) is 1. The SMILES string of the molecule is Cn1cccc1C(=O)NC(=O)COC(=O)c1ccc(OS(=O)(=O)c2cccc([N+](=O)[O-])c2)cc1. The van der Waals surface area contributed by atoms with Gasteiger partial charge in [-0.3, -0.25) is 25.0 Å².